The van der Waals surface area contributed by atoms with E-state index in [1.807, 2.05) is 24.3 Å². The van der Waals surface area contributed by atoms with Crippen LogP contribution in [0.2, 0.25) is 0 Å². The van der Waals surface area contributed by atoms with Gasteiger partial charge in [-0.25, -0.2) is 4.98 Å². The third-order valence-electron chi connectivity index (χ3n) is 3.25. The molecule has 0 unspecified atom stereocenters. The largest absolute Gasteiger partial charge is 0.298 e. The zero-order chi connectivity index (χ0) is 14.9. The molecule has 106 valence electrons. The van der Waals surface area contributed by atoms with Crippen molar-refractivity contribution in [3.05, 3.63) is 60.4 Å². The highest BCUT2D eigenvalue weighted by Crippen LogP contribution is 2.25. The van der Waals surface area contributed by atoms with Gasteiger partial charge in [-0.1, -0.05) is 23.5 Å². The Morgan fingerprint density at radius 1 is 0.955 bits per heavy atom. The molecular weight excluding hydrogens is 296 g/mol. The highest BCUT2D eigenvalue weighted by molar-refractivity contribution is 7.22. The van der Waals surface area contributed by atoms with E-state index in [0.717, 1.165) is 15.7 Å². The summed E-state index contributed by atoms with van der Waals surface area (Å²) in [6.07, 6.45) is 3.24. The quantitative estimate of drug-likeness (QED) is 0.615. The fourth-order valence-corrected chi connectivity index (χ4v) is 3.06. The van der Waals surface area contributed by atoms with Crippen LogP contribution < -0.4 is 5.32 Å². The van der Waals surface area contributed by atoms with Crippen molar-refractivity contribution in [1.29, 1.82) is 0 Å². The number of nitrogens with zero attached hydrogens (tertiary/aromatic N) is 3. The van der Waals surface area contributed by atoms with Crippen molar-refractivity contribution < 1.29 is 4.79 Å². The van der Waals surface area contributed by atoms with E-state index >= 15 is 0 Å². The zero-order valence-electron chi connectivity index (χ0n) is 11.4. The van der Waals surface area contributed by atoms with Crippen LogP contribution in [-0.4, -0.2) is 20.9 Å². The van der Waals surface area contributed by atoms with E-state index in [4.69, 9.17) is 0 Å². The topological polar surface area (TPSA) is 67.8 Å². The number of benzene rings is 2. The Bertz CT molecular complexity index is 962. The van der Waals surface area contributed by atoms with Crippen molar-refractivity contribution in [1.82, 2.24) is 15.0 Å². The van der Waals surface area contributed by atoms with E-state index in [1.54, 1.807) is 30.6 Å². The molecule has 0 atom stereocenters. The number of para-hydroxylation sites is 1. The van der Waals surface area contributed by atoms with Crippen LogP contribution in [0.5, 0.6) is 0 Å². The number of aromatic nitrogens is 3. The summed E-state index contributed by atoms with van der Waals surface area (Å²) in [4.78, 5) is 25.1. The molecule has 1 N–H and O–H groups in total. The maximum absolute atomic E-state index is 12.3. The van der Waals surface area contributed by atoms with Crippen molar-refractivity contribution >= 4 is 43.6 Å². The summed E-state index contributed by atoms with van der Waals surface area (Å²) in [6, 6.07) is 13.0. The van der Waals surface area contributed by atoms with Crippen molar-refractivity contribution in [2.45, 2.75) is 0 Å². The van der Waals surface area contributed by atoms with Crippen LogP contribution in [-0.2, 0) is 0 Å². The zero-order valence-corrected chi connectivity index (χ0v) is 12.2. The number of carbonyl (C=O) groups excluding carboxylic acids is 1. The van der Waals surface area contributed by atoms with Gasteiger partial charge in [-0.3, -0.25) is 20.1 Å². The summed E-state index contributed by atoms with van der Waals surface area (Å²) in [5, 5.41) is 3.42. The molecular formula is C16H10N4OS. The summed E-state index contributed by atoms with van der Waals surface area (Å²) in [7, 11) is 0. The predicted molar refractivity (Wildman–Crippen MR) is 87.1 cm³/mol. The number of anilines is 1. The first-order valence-electron chi connectivity index (χ1n) is 6.67. The maximum atomic E-state index is 12.3. The first-order valence-corrected chi connectivity index (χ1v) is 7.49. The Kier molecular flexibility index (Phi) is 3.01. The number of fused-ring (bicyclic) bond motifs is 2. The van der Waals surface area contributed by atoms with E-state index in [1.165, 1.54) is 11.3 Å². The van der Waals surface area contributed by atoms with Gasteiger partial charge in [0.25, 0.3) is 5.91 Å². The minimum absolute atomic E-state index is 0.202. The van der Waals surface area contributed by atoms with E-state index in [-0.39, 0.29) is 5.91 Å². The number of rotatable bonds is 2. The normalized spacial score (nSPS) is 10.9. The number of amides is 1. The van der Waals surface area contributed by atoms with Crippen LogP contribution in [0.25, 0.3) is 21.3 Å². The molecule has 22 heavy (non-hydrogen) atoms. The molecule has 0 saturated carbocycles. The van der Waals surface area contributed by atoms with Gasteiger partial charge in [0, 0.05) is 18.0 Å². The van der Waals surface area contributed by atoms with E-state index < -0.39 is 0 Å². The lowest BCUT2D eigenvalue weighted by Crippen LogP contribution is -2.11. The summed E-state index contributed by atoms with van der Waals surface area (Å²) < 4.78 is 1.04. The van der Waals surface area contributed by atoms with Crippen molar-refractivity contribution in [3.8, 4) is 0 Å². The average molecular weight is 306 g/mol. The van der Waals surface area contributed by atoms with Gasteiger partial charge in [-0.2, -0.15) is 0 Å². The third kappa shape index (κ3) is 2.29. The van der Waals surface area contributed by atoms with Gasteiger partial charge < -0.3 is 0 Å². The molecule has 0 bridgehead atoms. The molecule has 1 amide bonds. The standard InChI is InChI=1S/C16H10N4OS/c21-15(10-5-6-11-13(9-10)18-8-7-17-11)20-16-19-12-3-1-2-4-14(12)22-16/h1-9H,(H,19,20,21). The van der Waals surface area contributed by atoms with Crippen LogP contribution in [0.3, 0.4) is 0 Å². The van der Waals surface area contributed by atoms with Gasteiger partial charge in [-0.15, -0.1) is 0 Å². The monoisotopic (exact) mass is 306 g/mol. The van der Waals surface area contributed by atoms with Gasteiger partial charge in [0.05, 0.1) is 21.3 Å². The van der Waals surface area contributed by atoms with Crippen molar-refractivity contribution in [2.24, 2.45) is 0 Å². The van der Waals surface area contributed by atoms with E-state index in [2.05, 4.69) is 20.3 Å². The summed E-state index contributed by atoms with van der Waals surface area (Å²) in [6.45, 7) is 0. The molecule has 2 heterocycles. The lowest BCUT2D eigenvalue weighted by molar-refractivity contribution is 0.102. The smallest absolute Gasteiger partial charge is 0.257 e. The SMILES string of the molecule is O=C(Nc1nc2ccccc2s1)c1ccc2nccnc2c1. The Morgan fingerprint density at radius 3 is 2.64 bits per heavy atom. The van der Waals surface area contributed by atoms with Crippen molar-refractivity contribution in [2.75, 3.05) is 5.32 Å². The molecule has 4 rings (SSSR count). The molecule has 0 radical (unpaired) electrons. The molecule has 4 aromatic rings. The Hall–Kier alpha value is -2.86. The number of nitrogens with one attached hydrogen (secondary N) is 1. The summed E-state index contributed by atoms with van der Waals surface area (Å²) in [5.74, 6) is -0.202. The van der Waals surface area contributed by atoms with Crippen LogP contribution >= 0.6 is 11.3 Å². The molecule has 0 aliphatic rings. The fourth-order valence-electron chi connectivity index (χ4n) is 2.20. The molecule has 0 spiro atoms. The molecule has 0 saturated heterocycles. The lowest BCUT2D eigenvalue weighted by atomic mass is 10.2. The van der Waals surface area contributed by atoms with Crippen LogP contribution in [0.1, 0.15) is 10.4 Å². The van der Waals surface area contributed by atoms with Crippen LogP contribution in [0.4, 0.5) is 5.13 Å². The van der Waals surface area contributed by atoms with Gasteiger partial charge in [-0.05, 0) is 30.3 Å². The molecule has 0 aliphatic carbocycles. The number of carbonyl (C=O) groups is 1. The molecule has 0 aliphatic heterocycles. The van der Waals surface area contributed by atoms with Gasteiger partial charge in [0.15, 0.2) is 5.13 Å². The second-order valence-electron chi connectivity index (χ2n) is 4.70. The number of hydrogen-bond donors (Lipinski definition) is 1. The second kappa shape index (κ2) is 5.16. The average Bonchev–Trinajstić information content (AvgIpc) is 2.96. The van der Waals surface area contributed by atoms with E-state index in [0.29, 0.717) is 16.2 Å². The Morgan fingerprint density at radius 2 is 1.77 bits per heavy atom. The first-order chi connectivity index (χ1) is 10.8. The van der Waals surface area contributed by atoms with Gasteiger partial charge in [0.2, 0.25) is 0 Å². The molecule has 6 heteroatoms. The second-order valence-corrected chi connectivity index (χ2v) is 5.73. The molecule has 5 nitrogen and oxygen atoms in total. The van der Waals surface area contributed by atoms with Crippen molar-refractivity contribution in [3.63, 3.8) is 0 Å². The minimum atomic E-state index is -0.202. The fraction of sp³-hybridized carbons (Fsp3) is 0. The van der Waals surface area contributed by atoms with E-state index in [9.17, 15) is 4.79 Å². The predicted octanol–water partition coefficient (Wildman–Crippen LogP) is 3.49. The summed E-state index contributed by atoms with van der Waals surface area (Å²) in [5.41, 5.74) is 2.87. The molecule has 2 aromatic heterocycles. The maximum Gasteiger partial charge on any atom is 0.257 e. The number of thiazole rings is 1. The Balaban J connectivity index is 1.65. The van der Waals surface area contributed by atoms with Crippen LogP contribution in [0, 0.1) is 0 Å². The first kappa shape index (κ1) is 12.8. The lowest BCUT2D eigenvalue weighted by Gasteiger charge is -2.02. The number of hydrogen-bond acceptors (Lipinski definition) is 5. The van der Waals surface area contributed by atoms with Gasteiger partial charge in [0.1, 0.15) is 0 Å². The molecule has 2 aromatic carbocycles. The highest BCUT2D eigenvalue weighted by atomic mass is 32.1. The third-order valence-corrected chi connectivity index (χ3v) is 4.20. The van der Waals surface area contributed by atoms with Crippen LogP contribution in [0.15, 0.2) is 54.9 Å². The minimum Gasteiger partial charge on any atom is -0.298 e. The highest BCUT2D eigenvalue weighted by Gasteiger charge is 2.10. The molecule has 0 fully saturated rings. The Labute approximate surface area is 129 Å². The summed E-state index contributed by atoms with van der Waals surface area (Å²) >= 11 is 1.45. The van der Waals surface area contributed by atoms with Gasteiger partial charge >= 0.3 is 0 Å².